The summed E-state index contributed by atoms with van der Waals surface area (Å²) in [6, 6.07) is 7.14. The molecular formula is C9H12INO3S. The number of rotatable bonds is 5. The van der Waals surface area contributed by atoms with Crippen molar-refractivity contribution in [3.63, 3.8) is 0 Å². The maximum absolute atomic E-state index is 11.5. The van der Waals surface area contributed by atoms with Crippen molar-refractivity contribution in [2.75, 3.05) is 24.2 Å². The van der Waals surface area contributed by atoms with Gasteiger partial charge >= 0.3 is 0 Å². The highest BCUT2D eigenvalue weighted by molar-refractivity contribution is 14.1. The third-order valence-electron chi connectivity index (χ3n) is 1.67. The Balaban J connectivity index is 2.65. The zero-order chi connectivity index (χ0) is 11.3. The van der Waals surface area contributed by atoms with E-state index in [0.717, 1.165) is 3.57 Å². The van der Waals surface area contributed by atoms with E-state index in [9.17, 15) is 8.42 Å². The Hall–Kier alpha value is -0.340. The molecule has 1 rings (SSSR count). The summed E-state index contributed by atoms with van der Waals surface area (Å²) < 4.78 is 31.1. The second-order valence-corrected chi connectivity index (χ2v) is 6.01. The Morgan fingerprint density at radius 3 is 2.47 bits per heavy atom. The van der Waals surface area contributed by atoms with Crippen molar-refractivity contribution >= 4 is 38.3 Å². The van der Waals surface area contributed by atoms with E-state index in [2.05, 4.69) is 27.3 Å². The highest BCUT2D eigenvalue weighted by atomic mass is 127. The Kier molecular flexibility index (Phi) is 4.81. The SMILES string of the molecule is COCCS(=O)(=O)Nc1ccc(I)cc1. The molecule has 1 aromatic rings. The summed E-state index contributed by atoms with van der Waals surface area (Å²) in [7, 11) is -1.81. The van der Waals surface area contributed by atoms with Crippen molar-refractivity contribution in [1.29, 1.82) is 0 Å². The first-order valence-corrected chi connectivity index (χ1v) is 7.01. The largest absolute Gasteiger partial charge is 0.384 e. The normalized spacial score (nSPS) is 11.3. The number of ether oxygens (including phenoxy) is 1. The van der Waals surface area contributed by atoms with E-state index in [1.54, 1.807) is 12.1 Å². The lowest BCUT2D eigenvalue weighted by Gasteiger charge is -2.07. The van der Waals surface area contributed by atoms with Crippen molar-refractivity contribution in [3.8, 4) is 0 Å². The number of hydrogen-bond donors (Lipinski definition) is 1. The fourth-order valence-corrected chi connectivity index (χ4v) is 2.28. The van der Waals surface area contributed by atoms with Crippen LogP contribution in [0.4, 0.5) is 5.69 Å². The molecule has 0 saturated carbocycles. The predicted octanol–water partition coefficient (Wildman–Crippen LogP) is 1.68. The lowest BCUT2D eigenvalue weighted by atomic mass is 10.3. The van der Waals surface area contributed by atoms with Crippen LogP contribution < -0.4 is 4.72 Å². The van der Waals surface area contributed by atoms with Gasteiger partial charge in [0.2, 0.25) is 10.0 Å². The number of sulfonamides is 1. The quantitative estimate of drug-likeness (QED) is 0.829. The molecule has 0 heterocycles. The predicted molar refractivity (Wildman–Crippen MR) is 68.4 cm³/mol. The Bertz CT molecular complexity index is 402. The van der Waals surface area contributed by atoms with Gasteiger partial charge in [-0.15, -0.1) is 0 Å². The van der Waals surface area contributed by atoms with Crippen LogP contribution in [0.3, 0.4) is 0 Å². The third kappa shape index (κ3) is 4.80. The average Bonchev–Trinajstić information content (AvgIpc) is 2.18. The first-order valence-electron chi connectivity index (χ1n) is 4.28. The van der Waals surface area contributed by atoms with Gasteiger partial charge in [-0.3, -0.25) is 4.72 Å². The fourth-order valence-electron chi connectivity index (χ4n) is 0.942. The van der Waals surface area contributed by atoms with E-state index in [4.69, 9.17) is 4.74 Å². The zero-order valence-electron chi connectivity index (χ0n) is 8.23. The van der Waals surface area contributed by atoms with Crippen LogP contribution >= 0.6 is 22.6 Å². The summed E-state index contributed by atoms with van der Waals surface area (Å²) in [4.78, 5) is 0. The van der Waals surface area contributed by atoms with Crippen LogP contribution in [0, 0.1) is 3.57 Å². The van der Waals surface area contributed by atoms with E-state index in [1.807, 2.05) is 12.1 Å². The van der Waals surface area contributed by atoms with Crippen LogP contribution in [-0.2, 0) is 14.8 Å². The van der Waals surface area contributed by atoms with Crippen molar-refractivity contribution in [2.24, 2.45) is 0 Å². The lowest BCUT2D eigenvalue weighted by molar-refractivity contribution is 0.217. The Morgan fingerprint density at radius 2 is 1.93 bits per heavy atom. The number of methoxy groups -OCH3 is 1. The molecule has 0 aromatic heterocycles. The van der Waals surface area contributed by atoms with Crippen molar-refractivity contribution < 1.29 is 13.2 Å². The van der Waals surface area contributed by atoms with E-state index in [0.29, 0.717) is 5.69 Å². The van der Waals surface area contributed by atoms with Crippen LogP contribution in [0.25, 0.3) is 0 Å². The number of halogens is 1. The van der Waals surface area contributed by atoms with Crippen LogP contribution in [0.15, 0.2) is 24.3 Å². The molecule has 84 valence electrons. The van der Waals surface area contributed by atoms with Crippen LogP contribution in [-0.4, -0.2) is 27.9 Å². The smallest absolute Gasteiger partial charge is 0.234 e. The molecule has 0 spiro atoms. The Labute approximate surface area is 103 Å². The molecule has 0 bridgehead atoms. The summed E-state index contributed by atoms with van der Waals surface area (Å²) >= 11 is 2.16. The Morgan fingerprint density at radius 1 is 1.33 bits per heavy atom. The summed E-state index contributed by atoms with van der Waals surface area (Å²) in [6.07, 6.45) is 0. The van der Waals surface area contributed by atoms with Gasteiger partial charge in [-0.25, -0.2) is 8.42 Å². The molecule has 0 atom stereocenters. The first kappa shape index (κ1) is 12.7. The van der Waals surface area contributed by atoms with Crippen molar-refractivity contribution in [3.05, 3.63) is 27.8 Å². The van der Waals surface area contributed by atoms with Gasteiger partial charge in [0.05, 0.1) is 12.4 Å². The van der Waals surface area contributed by atoms with Gasteiger partial charge in [0.25, 0.3) is 0 Å². The molecule has 1 N–H and O–H groups in total. The zero-order valence-corrected chi connectivity index (χ0v) is 11.2. The molecule has 0 aliphatic heterocycles. The molecule has 0 aliphatic carbocycles. The molecule has 0 aliphatic rings. The molecule has 6 heteroatoms. The summed E-state index contributed by atoms with van der Waals surface area (Å²) in [5.41, 5.74) is 0.575. The van der Waals surface area contributed by atoms with Gasteiger partial charge in [-0.1, -0.05) is 0 Å². The minimum absolute atomic E-state index is 0.0323. The minimum atomic E-state index is -3.29. The highest BCUT2D eigenvalue weighted by Crippen LogP contribution is 2.12. The monoisotopic (exact) mass is 341 g/mol. The van der Waals surface area contributed by atoms with Gasteiger partial charge in [0.15, 0.2) is 0 Å². The molecule has 0 amide bonds. The van der Waals surface area contributed by atoms with E-state index < -0.39 is 10.0 Å². The van der Waals surface area contributed by atoms with Crippen LogP contribution in [0.5, 0.6) is 0 Å². The number of nitrogens with one attached hydrogen (secondary N) is 1. The second-order valence-electron chi connectivity index (χ2n) is 2.92. The van der Waals surface area contributed by atoms with Gasteiger partial charge in [0.1, 0.15) is 0 Å². The first-order chi connectivity index (χ1) is 7.03. The molecule has 0 saturated heterocycles. The number of benzene rings is 1. The molecule has 0 radical (unpaired) electrons. The summed E-state index contributed by atoms with van der Waals surface area (Å²) in [5, 5.41) is 0. The molecular weight excluding hydrogens is 329 g/mol. The minimum Gasteiger partial charge on any atom is -0.384 e. The summed E-state index contributed by atoms with van der Waals surface area (Å²) in [6.45, 7) is 0.194. The van der Waals surface area contributed by atoms with Gasteiger partial charge in [-0.2, -0.15) is 0 Å². The van der Waals surface area contributed by atoms with Crippen molar-refractivity contribution in [2.45, 2.75) is 0 Å². The topological polar surface area (TPSA) is 55.4 Å². The van der Waals surface area contributed by atoms with E-state index in [-0.39, 0.29) is 12.4 Å². The second kappa shape index (κ2) is 5.66. The van der Waals surface area contributed by atoms with E-state index in [1.165, 1.54) is 7.11 Å². The van der Waals surface area contributed by atoms with Gasteiger partial charge in [-0.05, 0) is 46.9 Å². The van der Waals surface area contributed by atoms with E-state index >= 15 is 0 Å². The standard InChI is InChI=1S/C9H12INO3S/c1-14-6-7-15(12,13)11-9-4-2-8(10)3-5-9/h2-5,11H,6-7H2,1H3. The maximum atomic E-state index is 11.5. The maximum Gasteiger partial charge on any atom is 0.234 e. The summed E-state index contributed by atoms with van der Waals surface area (Å²) in [5.74, 6) is -0.0323. The van der Waals surface area contributed by atoms with Crippen molar-refractivity contribution in [1.82, 2.24) is 0 Å². The average molecular weight is 341 g/mol. The third-order valence-corrected chi connectivity index (χ3v) is 3.64. The molecule has 4 nitrogen and oxygen atoms in total. The molecule has 0 unspecified atom stereocenters. The molecule has 1 aromatic carbocycles. The van der Waals surface area contributed by atoms with Crippen LogP contribution in [0.1, 0.15) is 0 Å². The lowest BCUT2D eigenvalue weighted by Crippen LogP contribution is -2.19. The van der Waals surface area contributed by atoms with Gasteiger partial charge < -0.3 is 4.74 Å². The van der Waals surface area contributed by atoms with Crippen LogP contribution in [0.2, 0.25) is 0 Å². The fraction of sp³-hybridized carbons (Fsp3) is 0.333. The molecule has 15 heavy (non-hydrogen) atoms. The van der Waals surface area contributed by atoms with Gasteiger partial charge in [0, 0.05) is 16.4 Å². The number of hydrogen-bond acceptors (Lipinski definition) is 3. The number of anilines is 1. The highest BCUT2D eigenvalue weighted by Gasteiger charge is 2.09. The molecule has 0 fully saturated rings.